The second-order valence-electron chi connectivity index (χ2n) is 4.01. The van der Waals surface area contributed by atoms with Crippen LogP contribution < -0.4 is 11.1 Å². The summed E-state index contributed by atoms with van der Waals surface area (Å²) in [4.78, 5) is 10.8. The lowest BCUT2D eigenvalue weighted by molar-refractivity contribution is -0.119. The van der Waals surface area contributed by atoms with E-state index in [2.05, 4.69) is 5.32 Å². The third-order valence-corrected chi connectivity index (χ3v) is 3.00. The van der Waals surface area contributed by atoms with Crippen LogP contribution in [0.2, 0.25) is 0 Å². The van der Waals surface area contributed by atoms with E-state index in [0.29, 0.717) is 18.2 Å². The van der Waals surface area contributed by atoms with Crippen LogP contribution in [0.5, 0.6) is 0 Å². The lowest BCUT2D eigenvalue weighted by Crippen LogP contribution is -2.48. The highest BCUT2D eigenvalue weighted by atomic mass is 16.5. The third-order valence-electron chi connectivity index (χ3n) is 3.00. The molecule has 0 saturated carbocycles. The summed E-state index contributed by atoms with van der Waals surface area (Å²) < 4.78 is 5.65. The lowest BCUT2D eigenvalue weighted by atomic mass is 9.95. The quantitative estimate of drug-likeness (QED) is 0.636. The predicted octanol–water partition coefficient (Wildman–Crippen LogP) is -0.230. The van der Waals surface area contributed by atoms with E-state index in [9.17, 15) is 4.79 Å². The number of amides is 1. The van der Waals surface area contributed by atoms with Crippen molar-refractivity contribution in [2.75, 3.05) is 0 Å². The minimum atomic E-state index is -0.289. The second-order valence-corrected chi connectivity index (χ2v) is 4.01. The summed E-state index contributed by atoms with van der Waals surface area (Å²) in [5.41, 5.74) is 5.17. The molecule has 0 aromatic rings. The van der Waals surface area contributed by atoms with Crippen LogP contribution in [0.1, 0.15) is 26.2 Å². The number of fused-ring (bicyclic) bond motifs is 2. The van der Waals surface area contributed by atoms with Gasteiger partial charge in [-0.15, -0.1) is 0 Å². The maximum Gasteiger partial charge on any atom is 0.234 e. The van der Waals surface area contributed by atoms with Crippen molar-refractivity contribution in [1.29, 1.82) is 0 Å². The Labute approximate surface area is 77.8 Å². The highest BCUT2D eigenvalue weighted by Crippen LogP contribution is 2.34. The van der Waals surface area contributed by atoms with Gasteiger partial charge in [-0.3, -0.25) is 4.79 Å². The Balaban J connectivity index is 1.86. The highest BCUT2D eigenvalue weighted by molar-refractivity contribution is 5.79. The van der Waals surface area contributed by atoms with E-state index in [1.54, 1.807) is 6.92 Å². The standard InChI is InChI=1S/C9H16N2O2/c1-5(9(10)12)11-7-4-6-2-3-8(7)13-6/h5-8,11H,2-4H2,1H3,(H2,10,12). The molecule has 2 saturated heterocycles. The van der Waals surface area contributed by atoms with E-state index >= 15 is 0 Å². The Hall–Kier alpha value is -0.610. The fourth-order valence-corrected chi connectivity index (χ4v) is 2.22. The van der Waals surface area contributed by atoms with Gasteiger partial charge >= 0.3 is 0 Å². The first-order valence-electron chi connectivity index (χ1n) is 4.87. The average molecular weight is 184 g/mol. The van der Waals surface area contributed by atoms with Gasteiger partial charge in [0, 0.05) is 6.04 Å². The number of primary amides is 1. The molecule has 0 radical (unpaired) electrons. The molecular weight excluding hydrogens is 168 g/mol. The predicted molar refractivity (Wildman–Crippen MR) is 48.1 cm³/mol. The second kappa shape index (κ2) is 3.27. The molecule has 0 spiro atoms. The zero-order chi connectivity index (χ0) is 9.42. The number of rotatable bonds is 3. The molecule has 74 valence electrons. The summed E-state index contributed by atoms with van der Waals surface area (Å²) >= 11 is 0. The molecule has 0 aromatic heterocycles. The molecule has 2 fully saturated rings. The molecule has 4 unspecified atom stereocenters. The van der Waals surface area contributed by atoms with Crippen molar-refractivity contribution >= 4 is 5.91 Å². The van der Waals surface area contributed by atoms with Gasteiger partial charge in [0.05, 0.1) is 18.2 Å². The van der Waals surface area contributed by atoms with Gasteiger partial charge in [0.1, 0.15) is 0 Å². The largest absolute Gasteiger partial charge is 0.373 e. The molecule has 4 atom stereocenters. The third kappa shape index (κ3) is 1.69. The summed E-state index contributed by atoms with van der Waals surface area (Å²) in [6.07, 6.45) is 4.05. The smallest absolute Gasteiger partial charge is 0.234 e. The lowest BCUT2D eigenvalue weighted by Gasteiger charge is -2.22. The molecule has 2 aliphatic heterocycles. The van der Waals surface area contributed by atoms with Crippen LogP contribution in [0.4, 0.5) is 0 Å². The van der Waals surface area contributed by atoms with Gasteiger partial charge in [-0.05, 0) is 26.2 Å². The number of carbonyl (C=O) groups is 1. The Kier molecular flexibility index (Phi) is 2.26. The SMILES string of the molecule is CC(NC1CC2CCC1O2)C(N)=O. The molecule has 2 heterocycles. The van der Waals surface area contributed by atoms with E-state index in [1.165, 1.54) is 6.42 Å². The number of nitrogens with two attached hydrogens (primary N) is 1. The summed E-state index contributed by atoms with van der Waals surface area (Å²) in [5, 5.41) is 3.21. The first kappa shape index (κ1) is 8.97. The number of ether oxygens (including phenoxy) is 1. The summed E-state index contributed by atoms with van der Waals surface area (Å²) in [5.74, 6) is -0.289. The fraction of sp³-hybridized carbons (Fsp3) is 0.889. The molecule has 2 rings (SSSR count). The van der Waals surface area contributed by atoms with Gasteiger partial charge in [0.15, 0.2) is 0 Å². The van der Waals surface area contributed by atoms with Crippen LogP contribution in [-0.2, 0) is 9.53 Å². The van der Waals surface area contributed by atoms with E-state index in [4.69, 9.17) is 10.5 Å². The zero-order valence-corrected chi connectivity index (χ0v) is 7.82. The Morgan fingerprint density at radius 1 is 1.62 bits per heavy atom. The van der Waals surface area contributed by atoms with Gasteiger partial charge in [-0.25, -0.2) is 0 Å². The molecule has 0 aromatic carbocycles. The van der Waals surface area contributed by atoms with Crippen molar-refractivity contribution < 1.29 is 9.53 Å². The number of nitrogens with one attached hydrogen (secondary N) is 1. The molecule has 0 aliphatic carbocycles. The molecule has 2 aliphatic rings. The van der Waals surface area contributed by atoms with Crippen LogP contribution in [0.15, 0.2) is 0 Å². The molecule has 4 nitrogen and oxygen atoms in total. The van der Waals surface area contributed by atoms with Crippen molar-refractivity contribution in [3.05, 3.63) is 0 Å². The number of carbonyl (C=O) groups excluding carboxylic acids is 1. The van der Waals surface area contributed by atoms with Crippen LogP contribution in [0.25, 0.3) is 0 Å². The van der Waals surface area contributed by atoms with Crippen molar-refractivity contribution in [1.82, 2.24) is 5.32 Å². The van der Waals surface area contributed by atoms with Gasteiger partial charge in [-0.1, -0.05) is 0 Å². The summed E-state index contributed by atoms with van der Waals surface area (Å²) in [6.45, 7) is 1.80. The Morgan fingerprint density at radius 2 is 2.38 bits per heavy atom. The van der Waals surface area contributed by atoms with Gasteiger partial charge in [0.2, 0.25) is 5.91 Å². The van der Waals surface area contributed by atoms with Crippen molar-refractivity contribution in [2.24, 2.45) is 5.73 Å². The maximum absolute atomic E-state index is 10.8. The van der Waals surface area contributed by atoms with Crippen molar-refractivity contribution in [3.8, 4) is 0 Å². The van der Waals surface area contributed by atoms with Crippen LogP contribution in [0.3, 0.4) is 0 Å². The molecule has 13 heavy (non-hydrogen) atoms. The zero-order valence-electron chi connectivity index (χ0n) is 7.82. The van der Waals surface area contributed by atoms with Crippen molar-refractivity contribution in [2.45, 2.75) is 50.5 Å². The highest BCUT2D eigenvalue weighted by Gasteiger charge is 2.41. The van der Waals surface area contributed by atoms with Crippen LogP contribution >= 0.6 is 0 Å². The van der Waals surface area contributed by atoms with Crippen LogP contribution in [0, 0.1) is 0 Å². The van der Waals surface area contributed by atoms with E-state index in [1.807, 2.05) is 0 Å². The monoisotopic (exact) mass is 184 g/mol. The number of hydrogen-bond acceptors (Lipinski definition) is 3. The van der Waals surface area contributed by atoms with Gasteiger partial charge in [0.25, 0.3) is 0 Å². The molecule has 2 bridgehead atoms. The maximum atomic E-state index is 10.8. The van der Waals surface area contributed by atoms with Crippen molar-refractivity contribution in [3.63, 3.8) is 0 Å². The average Bonchev–Trinajstić information content (AvgIpc) is 2.64. The molecule has 3 N–H and O–H groups in total. The summed E-state index contributed by atoms with van der Waals surface area (Å²) in [7, 11) is 0. The van der Waals surface area contributed by atoms with E-state index in [0.717, 1.165) is 12.8 Å². The molecule has 1 amide bonds. The van der Waals surface area contributed by atoms with Crippen LogP contribution in [-0.4, -0.2) is 30.2 Å². The molecule has 4 heteroatoms. The minimum Gasteiger partial charge on any atom is -0.373 e. The topological polar surface area (TPSA) is 64.3 Å². The number of hydrogen-bond donors (Lipinski definition) is 2. The minimum absolute atomic E-state index is 0.243. The summed E-state index contributed by atoms with van der Waals surface area (Å²) in [6, 6.07) is 0.0919. The Morgan fingerprint density at radius 3 is 2.85 bits per heavy atom. The van der Waals surface area contributed by atoms with E-state index < -0.39 is 0 Å². The fourth-order valence-electron chi connectivity index (χ4n) is 2.22. The first-order valence-corrected chi connectivity index (χ1v) is 4.87. The van der Waals surface area contributed by atoms with Gasteiger partial charge in [-0.2, -0.15) is 0 Å². The molecular formula is C9H16N2O2. The van der Waals surface area contributed by atoms with Gasteiger partial charge < -0.3 is 15.8 Å². The first-order chi connectivity index (χ1) is 6.16. The normalized spacial score (nSPS) is 39.3. The van der Waals surface area contributed by atoms with E-state index in [-0.39, 0.29) is 11.9 Å². The Bertz CT molecular complexity index is 220.